The van der Waals surface area contributed by atoms with Crippen molar-refractivity contribution in [2.24, 2.45) is 0 Å². The lowest BCUT2D eigenvalue weighted by Crippen LogP contribution is -2.36. The highest BCUT2D eigenvalue weighted by Gasteiger charge is 2.31. The third-order valence-electron chi connectivity index (χ3n) is 7.04. The zero-order valence-corrected chi connectivity index (χ0v) is 19.3. The van der Waals surface area contributed by atoms with Crippen LogP contribution < -0.4 is 10.2 Å². The lowest BCUT2D eigenvalue weighted by molar-refractivity contribution is -0.117. The van der Waals surface area contributed by atoms with Gasteiger partial charge < -0.3 is 19.7 Å². The molecule has 0 bridgehead atoms. The summed E-state index contributed by atoms with van der Waals surface area (Å²) >= 11 is 0. The average molecular weight is 443 g/mol. The SMILES string of the molecule is CCn1c(C(=O)NCCCN(C)C2CCCCC2)c(N2CCCC2=O)c2cc(F)ccc21. The summed E-state index contributed by atoms with van der Waals surface area (Å²) in [6, 6.07) is 5.21. The quantitative estimate of drug-likeness (QED) is 0.620. The molecule has 1 aliphatic heterocycles. The molecule has 6 nitrogen and oxygen atoms in total. The minimum Gasteiger partial charge on any atom is -0.351 e. The van der Waals surface area contributed by atoms with Crippen LogP contribution in [0, 0.1) is 5.82 Å². The van der Waals surface area contributed by atoms with Crippen molar-refractivity contribution in [1.82, 2.24) is 14.8 Å². The summed E-state index contributed by atoms with van der Waals surface area (Å²) in [5.41, 5.74) is 1.80. The van der Waals surface area contributed by atoms with E-state index in [-0.39, 0.29) is 17.6 Å². The largest absolute Gasteiger partial charge is 0.351 e. The maximum atomic E-state index is 14.1. The summed E-state index contributed by atoms with van der Waals surface area (Å²) in [7, 11) is 2.18. The van der Waals surface area contributed by atoms with Crippen LogP contribution in [0.3, 0.4) is 0 Å². The van der Waals surface area contributed by atoms with Crippen molar-refractivity contribution in [2.45, 2.75) is 70.9 Å². The van der Waals surface area contributed by atoms with E-state index in [1.54, 1.807) is 11.0 Å². The Bertz CT molecular complexity index is 980. The number of anilines is 1. The number of rotatable bonds is 8. The molecule has 2 heterocycles. The predicted molar refractivity (Wildman–Crippen MR) is 126 cm³/mol. The minimum atomic E-state index is -0.364. The number of carbonyl (C=O) groups is 2. The highest BCUT2D eigenvalue weighted by molar-refractivity contribution is 6.14. The summed E-state index contributed by atoms with van der Waals surface area (Å²) < 4.78 is 16.0. The van der Waals surface area contributed by atoms with Crippen LogP contribution in [-0.4, -0.2) is 54.0 Å². The molecule has 0 radical (unpaired) electrons. The van der Waals surface area contributed by atoms with Crippen molar-refractivity contribution in [1.29, 1.82) is 0 Å². The minimum absolute atomic E-state index is 0.00688. The monoisotopic (exact) mass is 442 g/mol. The van der Waals surface area contributed by atoms with Gasteiger partial charge in [-0.2, -0.15) is 0 Å². The second kappa shape index (κ2) is 10.0. The van der Waals surface area contributed by atoms with Gasteiger partial charge in [0.15, 0.2) is 0 Å². The van der Waals surface area contributed by atoms with Gasteiger partial charge >= 0.3 is 0 Å². The first-order valence-electron chi connectivity index (χ1n) is 12.1. The Morgan fingerprint density at radius 1 is 1.22 bits per heavy atom. The zero-order valence-electron chi connectivity index (χ0n) is 19.3. The molecule has 32 heavy (non-hydrogen) atoms. The Morgan fingerprint density at radius 3 is 2.69 bits per heavy atom. The van der Waals surface area contributed by atoms with Crippen LogP contribution in [-0.2, 0) is 11.3 Å². The highest BCUT2D eigenvalue weighted by atomic mass is 19.1. The number of nitrogens with one attached hydrogen (secondary N) is 1. The molecule has 0 spiro atoms. The van der Waals surface area contributed by atoms with Crippen LogP contribution in [0.5, 0.6) is 0 Å². The second-order valence-electron chi connectivity index (χ2n) is 9.13. The summed E-state index contributed by atoms with van der Waals surface area (Å²) in [5.74, 6) is -0.567. The van der Waals surface area contributed by atoms with Crippen molar-refractivity contribution in [3.8, 4) is 0 Å². The van der Waals surface area contributed by atoms with Crippen molar-refractivity contribution in [3.05, 3.63) is 29.7 Å². The summed E-state index contributed by atoms with van der Waals surface area (Å²) in [6.45, 7) is 4.61. The normalized spacial score (nSPS) is 17.6. The van der Waals surface area contributed by atoms with Gasteiger partial charge in [-0.1, -0.05) is 19.3 Å². The second-order valence-corrected chi connectivity index (χ2v) is 9.13. The predicted octanol–water partition coefficient (Wildman–Crippen LogP) is 4.31. The number of nitrogens with zero attached hydrogens (tertiary/aromatic N) is 3. The van der Waals surface area contributed by atoms with Crippen LogP contribution in [0.2, 0.25) is 0 Å². The van der Waals surface area contributed by atoms with Crippen molar-refractivity contribution < 1.29 is 14.0 Å². The van der Waals surface area contributed by atoms with Gasteiger partial charge in [0, 0.05) is 37.5 Å². The van der Waals surface area contributed by atoms with Crippen LogP contribution in [0.25, 0.3) is 10.9 Å². The Hall–Kier alpha value is -2.41. The third kappa shape index (κ3) is 4.53. The Labute approximate surface area is 189 Å². The van der Waals surface area contributed by atoms with Crippen LogP contribution >= 0.6 is 0 Å². The third-order valence-corrected chi connectivity index (χ3v) is 7.04. The fourth-order valence-corrected chi connectivity index (χ4v) is 5.34. The fraction of sp³-hybridized carbons (Fsp3) is 0.600. The van der Waals surface area contributed by atoms with Crippen molar-refractivity contribution >= 4 is 28.4 Å². The first-order valence-corrected chi connectivity index (χ1v) is 12.1. The van der Waals surface area contributed by atoms with Gasteiger partial charge in [0.2, 0.25) is 5.91 Å². The number of aromatic nitrogens is 1. The van der Waals surface area contributed by atoms with E-state index in [1.165, 1.54) is 44.2 Å². The number of fused-ring (bicyclic) bond motifs is 1. The molecule has 1 aromatic carbocycles. The molecule has 0 unspecified atom stereocenters. The Balaban J connectivity index is 1.52. The molecule has 1 aromatic heterocycles. The molecule has 1 N–H and O–H groups in total. The smallest absolute Gasteiger partial charge is 0.270 e. The van der Waals surface area contributed by atoms with E-state index >= 15 is 0 Å². The van der Waals surface area contributed by atoms with E-state index in [0.717, 1.165) is 24.9 Å². The Morgan fingerprint density at radius 2 is 2.00 bits per heavy atom. The maximum absolute atomic E-state index is 14.1. The number of halogens is 1. The topological polar surface area (TPSA) is 57.6 Å². The molecule has 0 atom stereocenters. The first kappa shape index (κ1) is 22.8. The van der Waals surface area contributed by atoms with Gasteiger partial charge in [-0.3, -0.25) is 9.59 Å². The Kier molecular flexibility index (Phi) is 7.13. The number of amides is 2. The summed E-state index contributed by atoms with van der Waals surface area (Å²) in [4.78, 5) is 30.0. The standard InChI is InChI=1S/C25H35FN4O2/c1-3-29-21-13-12-18(26)17-20(21)23(30-16-7-11-22(30)31)24(29)25(32)27-14-8-15-28(2)19-9-5-4-6-10-19/h12-13,17,19H,3-11,14-16H2,1-2H3,(H,27,32). The van der Waals surface area contributed by atoms with E-state index in [2.05, 4.69) is 17.3 Å². The number of hydrogen-bond donors (Lipinski definition) is 1. The lowest BCUT2D eigenvalue weighted by atomic mass is 9.94. The van der Waals surface area contributed by atoms with Crippen LogP contribution in [0.15, 0.2) is 18.2 Å². The van der Waals surface area contributed by atoms with Gasteiger partial charge in [0.1, 0.15) is 11.5 Å². The van der Waals surface area contributed by atoms with E-state index in [0.29, 0.717) is 48.9 Å². The average Bonchev–Trinajstić information content (AvgIpc) is 3.36. The molecule has 2 amide bonds. The van der Waals surface area contributed by atoms with Crippen LogP contribution in [0.4, 0.5) is 10.1 Å². The van der Waals surface area contributed by atoms with Gasteiger partial charge in [0.25, 0.3) is 5.91 Å². The molecular weight excluding hydrogens is 407 g/mol. The molecule has 1 saturated heterocycles. The van der Waals surface area contributed by atoms with E-state index < -0.39 is 0 Å². The molecule has 2 aromatic rings. The van der Waals surface area contributed by atoms with Gasteiger partial charge in [-0.05, 0) is 64.4 Å². The van der Waals surface area contributed by atoms with Crippen LogP contribution in [0.1, 0.15) is 68.8 Å². The van der Waals surface area contributed by atoms with Crippen molar-refractivity contribution in [2.75, 3.05) is 31.6 Å². The zero-order chi connectivity index (χ0) is 22.7. The summed E-state index contributed by atoms with van der Waals surface area (Å²) in [6.07, 6.45) is 8.59. The van der Waals surface area contributed by atoms with E-state index in [9.17, 15) is 14.0 Å². The molecule has 2 aliphatic rings. The molecule has 174 valence electrons. The first-order chi connectivity index (χ1) is 15.5. The van der Waals surface area contributed by atoms with Crippen molar-refractivity contribution in [3.63, 3.8) is 0 Å². The summed E-state index contributed by atoms with van der Waals surface area (Å²) in [5, 5.41) is 3.70. The molecule has 4 rings (SSSR count). The van der Waals surface area contributed by atoms with Gasteiger partial charge in [0.05, 0.1) is 11.2 Å². The highest BCUT2D eigenvalue weighted by Crippen LogP contribution is 2.37. The number of benzene rings is 1. The number of aryl methyl sites for hydroxylation is 1. The molecule has 2 fully saturated rings. The molecular formula is C25H35FN4O2. The molecule has 1 saturated carbocycles. The van der Waals surface area contributed by atoms with Gasteiger partial charge in [-0.15, -0.1) is 0 Å². The number of hydrogen-bond acceptors (Lipinski definition) is 3. The molecule has 7 heteroatoms. The van der Waals surface area contributed by atoms with Gasteiger partial charge in [-0.25, -0.2) is 4.39 Å². The van der Waals surface area contributed by atoms with E-state index in [1.807, 2.05) is 11.5 Å². The molecule has 1 aliphatic carbocycles. The lowest BCUT2D eigenvalue weighted by Gasteiger charge is -2.31. The number of carbonyl (C=O) groups excluding carboxylic acids is 2. The fourth-order valence-electron chi connectivity index (χ4n) is 5.34. The maximum Gasteiger partial charge on any atom is 0.270 e. The van der Waals surface area contributed by atoms with E-state index in [4.69, 9.17) is 0 Å².